The monoisotopic (exact) mass is 501 g/mol. The minimum Gasteiger partial charge on any atom is -0.484 e. The maximum atomic E-state index is 14.0. The lowest BCUT2D eigenvalue weighted by molar-refractivity contribution is -0.134. The van der Waals surface area contributed by atoms with Crippen molar-refractivity contribution in [3.8, 4) is 5.75 Å². The number of hydrogen-bond acceptors (Lipinski definition) is 5. The lowest BCUT2D eigenvalue weighted by Crippen LogP contribution is -2.40. The molecule has 0 radical (unpaired) electrons. The molecule has 0 aliphatic carbocycles. The molecular formula is C25H22ClF2N3O4. The number of halogens is 3. The molecular weight excluding hydrogens is 480 g/mol. The van der Waals surface area contributed by atoms with Crippen LogP contribution in [0.1, 0.15) is 52.7 Å². The first-order valence-electron chi connectivity index (χ1n) is 11.0. The average Bonchev–Trinajstić information content (AvgIpc) is 2.84. The Kier molecular flexibility index (Phi) is 7.55. The van der Waals surface area contributed by atoms with Crippen LogP contribution in [0.2, 0.25) is 5.02 Å². The first kappa shape index (κ1) is 24.5. The molecule has 0 bridgehead atoms. The summed E-state index contributed by atoms with van der Waals surface area (Å²) in [6.45, 7) is 0.152. The number of piperidine rings is 1. The highest BCUT2D eigenvalue weighted by atomic mass is 35.5. The molecule has 0 saturated carbocycles. The van der Waals surface area contributed by atoms with Crippen LogP contribution in [-0.2, 0) is 17.8 Å². The van der Waals surface area contributed by atoms with Crippen molar-refractivity contribution in [1.82, 2.24) is 14.9 Å². The highest BCUT2D eigenvalue weighted by molar-refractivity contribution is 6.30. The maximum Gasteiger partial charge on any atom is 0.339 e. The number of carbonyl (C=O) groups excluding carboxylic acids is 1. The molecule has 1 aliphatic rings. The van der Waals surface area contributed by atoms with Crippen molar-refractivity contribution in [1.29, 1.82) is 0 Å². The van der Waals surface area contributed by atoms with Crippen LogP contribution < -0.4 is 4.74 Å². The third-order valence-corrected chi connectivity index (χ3v) is 6.02. The fourth-order valence-electron chi connectivity index (χ4n) is 4.00. The van der Waals surface area contributed by atoms with Crippen molar-refractivity contribution in [3.63, 3.8) is 0 Å². The van der Waals surface area contributed by atoms with Crippen molar-refractivity contribution < 1.29 is 28.2 Å². The second-order valence-electron chi connectivity index (χ2n) is 8.16. The van der Waals surface area contributed by atoms with E-state index in [-0.39, 0.29) is 41.8 Å². The molecule has 1 unspecified atom stereocenters. The van der Waals surface area contributed by atoms with Gasteiger partial charge in [0.1, 0.15) is 18.0 Å². The van der Waals surface area contributed by atoms with Gasteiger partial charge in [0.25, 0.3) is 0 Å². The van der Waals surface area contributed by atoms with Gasteiger partial charge in [-0.3, -0.25) is 4.79 Å². The molecule has 3 aromatic rings. The Morgan fingerprint density at radius 1 is 1.14 bits per heavy atom. The molecule has 1 aromatic heterocycles. The lowest BCUT2D eigenvalue weighted by Gasteiger charge is -2.35. The van der Waals surface area contributed by atoms with E-state index in [1.54, 1.807) is 29.2 Å². The fraction of sp³-hybridized carbons (Fsp3) is 0.280. The Hall–Kier alpha value is -3.59. The van der Waals surface area contributed by atoms with Crippen LogP contribution in [0.25, 0.3) is 0 Å². The van der Waals surface area contributed by atoms with Crippen molar-refractivity contribution >= 4 is 23.5 Å². The standard InChI is InChI=1S/C25H22ClF2N3O4/c26-16-6-4-15(5-7-16)11-23(32)31-10-2-1-3-21(31)24-29-13-18(25(33)34)20(30-24)14-35-22-9-8-17(27)12-19(22)28/h4-9,12-13,21H,1-3,10-11,14H2,(H,33,34). The Labute approximate surface area is 205 Å². The van der Waals surface area contributed by atoms with Gasteiger partial charge in [0.05, 0.1) is 18.2 Å². The molecule has 1 amide bonds. The number of carbonyl (C=O) groups is 2. The molecule has 0 spiro atoms. The summed E-state index contributed by atoms with van der Waals surface area (Å²) in [5.74, 6) is -2.99. The Morgan fingerprint density at radius 2 is 1.91 bits per heavy atom. The molecule has 182 valence electrons. The number of nitrogens with zero attached hydrogens (tertiary/aromatic N) is 3. The van der Waals surface area contributed by atoms with E-state index in [2.05, 4.69) is 9.97 Å². The number of hydrogen-bond donors (Lipinski definition) is 1. The van der Waals surface area contributed by atoms with Crippen LogP contribution in [0.15, 0.2) is 48.7 Å². The van der Waals surface area contributed by atoms with Gasteiger partial charge in [0.15, 0.2) is 17.4 Å². The molecule has 1 saturated heterocycles. The summed E-state index contributed by atoms with van der Waals surface area (Å²) in [5, 5.41) is 10.1. The van der Waals surface area contributed by atoms with E-state index in [1.165, 1.54) is 6.20 Å². The van der Waals surface area contributed by atoms with Gasteiger partial charge in [-0.15, -0.1) is 0 Å². The quantitative estimate of drug-likeness (QED) is 0.491. The van der Waals surface area contributed by atoms with E-state index in [0.717, 1.165) is 30.5 Å². The molecule has 1 N–H and O–H groups in total. The van der Waals surface area contributed by atoms with E-state index in [4.69, 9.17) is 16.3 Å². The van der Waals surface area contributed by atoms with Crippen molar-refractivity contribution in [2.75, 3.05) is 6.54 Å². The summed E-state index contributed by atoms with van der Waals surface area (Å²) in [4.78, 5) is 35.2. The summed E-state index contributed by atoms with van der Waals surface area (Å²) in [6, 6.07) is 9.42. The summed E-state index contributed by atoms with van der Waals surface area (Å²) in [7, 11) is 0. The number of ether oxygens (including phenoxy) is 1. The van der Waals surface area contributed by atoms with Crippen molar-refractivity contribution in [2.45, 2.75) is 38.3 Å². The largest absolute Gasteiger partial charge is 0.484 e. The molecule has 1 fully saturated rings. The number of aromatic nitrogens is 2. The van der Waals surface area contributed by atoms with Crippen molar-refractivity contribution in [2.24, 2.45) is 0 Å². The van der Waals surface area contributed by atoms with Crippen LogP contribution in [-0.4, -0.2) is 38.4 Å². The number of amides is 1. The van der Waals surface area contributed by atoms with Crippen LogP contribution in [0.4, 0.5) is 8.78 Å². The number of carboxylic acids is 1. The Bertz CT molecular complexity index is 1240. The normalized spacial score (nSPS) is 15.6. The van der Waals surface area contributed by atoms with E-state index in [1.807, 2.05) is 0 Å². The van der Waals surface area contributed by atoms with Gasteiger partial charge in [0, 0.05) is 23.8 Å². The molecule has 4 rings (SSSR count). The third kappa shape index (κ3) is 5.92. The van der Waals surface area contributed by atoms with E-state index >= 15 is 0 Å². The summed E-state index contributed by atoms with van der Waals surface area (Å²) in [5.41, 5.74) is 0.647. The second-order valence-corrected chi connectivity index (χ2v) is 8.60. The SMILES string of the molecule is O=C(O)c1cnc(C2CCCCN2C(=O)Cc2ccc(Cl)cc2)nc1COc1ccc(F)cc1F. The van der Waals surface area contributed by atoms with Crippen LogP contribution in [0.5, 0.6) is 5.75 Å². The zero-order chi connectivity index (χ0) is 24.9. The number of aromatic carboxylic acids is 1. The maximum absolute atomic E-state index is 14.0. The molecule has 7 nitrogen and oxygen atoms in total. The molecule has 1 aliphatic heterocycles. The molecule has 35 heavy (non-hydrogen) atoms. The van der Waals surface area contributed by atoms with Crippen LogP contribution in [0.3, 0.4) is 0 Å². The van der Waals surface area contributed by atoms with E-state index in [9.17, 15) is 23.5 Å². The first-order chi connectivity index (χ1) is 16.8. The zero-order valence-electron chi connectivity index (χ0n) is 18.6. The van der Waals surface area contributed by atoms with Gasteiger partial charge in [-0.05, 0) is 49.1 Å². The van der Waals surface area contributed by atoms with Gasteiger partial charge in [-0.2, -0.15) is 0 Å². The predicted molar refractivity (Wildman–Crippen MR) is 123 cm³/mol. The van der Waals surface area contributed by atoms with Crippen LogP contribution in [0, 0.1) is 11.6 Å². The van der Waals surface area contributed by atoms with E-state index < -0.39 is 23.6 Å². The van der Waals surface area contributed by atoms with Crippen molar-refractivity contribution in [3.05, 3.63) is 88.0 Å². The number of carboxylic acid groups (broad SMARTS) is 1. The molecule has 2 aromatic carbocycles. The summed E-state index contributed by atoms with van der Waals surface area (Å²) < 4.78 is 32.5. The number of rotatable bonds is 7. The van der Waals surface area contributed by atoms with Crippen LogP contribution >= 0.6 is 11.6 Å². The Balaban J connectivity index is 1.57. The van der Waals surface area contributed by atoms with Gasteiger partial charge in [-0.1, -0.05) is 23.7 Å². The van der Waals surface area contributed by atoms with Gasteiger partial charge in [-0.25, -0.2) is 23.5 Å². The topological polar surface area (TPSA) is 92.6 Å². The molecule has 2 heterocycles. The highest BCUT2D eigenvalue weighted by Crippen LogP contribution is 2.30. The smallest absolute Gasteiger partial charge is 0.339 e. The van der Waals surface area contributed by atoms with Gasteiger partial charge >= 0.3 is 5.97 Å². The summed E-state index contributed by atoms with van der Waals surface area (Å²) in [6.07, 6.45) is 3.65. The third-order valence-electron chi connectivity index (χ3n) is 5.76. The minimum absolute atomic E-state index is 0.0295. The minimum atomic E-state index is -1.27. The lowest BCUT2D eigenvalue weighted by atomic mass is 9.99. The highest BCUT2D eigenvalue weighted by Gasteiger charge is 2.31. The number of benzene rings is 2. The first-order valence-corrected chi connectivity index (χ1v) is 11.4. The average molecular weight is 502 g/mol. The molecule has 10 heteroatoms. The Morgan fingerprint density at radius 3 is 2.63 bits per heavy atom. The van der Waals surface area contributed by atoms with E-state index in [0.29, 0.717) is 24.1 Å². The van der Waals surface area contributed by atoms with Gasteiger partial charge < -0.3 is 14.7 Å². The number of likely N-dealkylation sites (tertiary alicyclic amines) is 1. The summed E-state index contributed by atoms with van der Waals surface area (Å²) >= 11 is 5.93. The predicted octanol–water partition coefficient (Wildman–Crippen LogP) is 4.98. The van der Waals surface area contributed by atoms with Gasteiger partial charge in [0.2, 0.25) is 5.91 Å². The zero-order valence-corrected chi connectivity index (χ0v) is 19.3. The fourth-order valence-corrected chi connectivity index (χ4v) is 4.12. The second kappa shape index (κ2) is 10.8. The molecule has 1 atom stereocenters.